The molecule has 2 heterocycles. The number of ether oxygens (including phenoxy) is 1. The molecule has 0 saturated carbocycles. The molecule has 2 rings (SSSR count). The zero-order chi connectivity index (χ0) is 10.2. The molecule has 0 aromatic heterocycles. The number of nitrogens with one attached hydrogen (secondary N) is 1. The topological polar surface area (TPSA) is 61.8 Å². The van der Waals surface area contributed by atoms with Gasteiger partial charge in [-0.15, -0.1) is 0 Å². The van der Waals surface area contributed by atoms with Gasteiger partial charge in [0.1, 0.15) is 6.04 Å². The Kier molecular flexibility index (Phi) is 2.47. The van der Waals surface area contributed by atoms with E-state index in [9.17, 15) is 9.90 Å². The predicted molar refractivity (Wildman–Crippen MR) is 49.8 cm³/mol. The number of β-amino-alcohol motifs (C(OH)–C–C–N with tert-alkyl or cyclic N) is 1. The molecule has 1 unspecified atom stereocenters. The van der Waals surface area contributed by atoms with Crippen LogP contribution in [0.25, 0.3) is 0 Å². The van der Waals surface area contributed by atoms with Gasteiger partial charge in [0.05, 0.1) is 31.9 Å². The number of rotatable bonds is 1. The average molecular weight is 200 g/mol. The Hall–Kier alpha value is -0.650. The molecule has 2 saturated heterocycles. The Labute approximate surface area is 83.0 Å². The molecule has 5 nitrogen and oxygen atoms in total. The number of morpholine rings is 1. The highest BCUT2D eigenvalue weighted by molar-refractivity contribution is 5.83. The first-order valence-corrected chi connectivity index (χ1v) is 4.91. The van der Waals surface area contributed by atoms with Crippen LogP contribution < -0.4 is 5.32 Å². The zero-order valence-electron chi connectivity index (χ0n) is 8.32. The van der Waals surface area contributed by atoms with Crippen molar-refractivity contribution in [3.8, 4) is 0 Å². The number of nitrogens with zero attached hydrogens (tertiary/aromatic N) is 1. The molecular formula is C9H16N2O3. The van der Waals surface area contributed by atoms with Gasteiger partial charge in [0, 0.05) is 6.54 Å². The maximum absolute atomic E-state index is 11.7. The van der Waals surface area contributed by atoms with E-state index in [2.05, 4.69) is 5.32 Å². The Morgan fingerprint density at radius 2 is 2.36 bits per heavy atom. The molecule has 0 spiro atoms. The molecule has 2 aliphatic heterocycles. The molecule has 0 aliphatic carbocycles. The van der Waals surface area contributed by atoms with E-state index < -0.39 is 5.60 Å². The summed E-state index contributed by atoms with van der Waals surface area (Å²) in [7, 11) is 0. The first-order chi connectivity index (χ1) is 6.58. The van der Waals surface area contributed by atoms with Crippen LogP contribution >= 0.6 is 0 Å². The molecule has 2 N–H and O–H groups in total. The molecule has 80 valence electrons. The first kappa shape index (κ1) is 9.89. The first-order valence-electron chi connectivity index (χ1n) is 4.91. The highest BCUT2D eigenvalue weighted by Gasteiger charge is 2.41. The third-order valence-corrected chi connectivity index (χ3v) is 2.59. The predicted octanol–water partition coefficient (Wildman–Crippen LogP) is -1.43. The van der Waals surface area contributed by atoms with Crippen LogP contribution in [0, 0.1) is 0 Å². The van der Waals surface area contributed by atoms with E-state index in [0.717, 1.165) is 6.54 Å². The largest absolute Gasteiger partial charge is 0.386 e. The number of hydrogen-bond donors (Lipinski definition) is 2. The standard InChI is InChI=1S/C9H16N2O3/c1-9(13)5-11(6-9)8(12)7-4-14-3-2-10-7/h7,10,13H,2-6H2,1H3. The molecule has 2 aliphatic rings. The summed E-state index contributed by atoms with van der Waals surface area (Å²) in [6, 6.07) is -0.222. The van der Waals surface area contributed by atoms with Crippen molar-refractivity contribution in [2.75, 3.05) is 32.8 Å². The Bertz CT molecular complexity index is 228. The Morgan fingerprint density at radius 3 is 2.86 bits per heavy atom. The Balaban J connectivity index is 1.84. The van der Waals surface area contributed by atoms with Crippen LogP contribution in [0.4, 0.5) is 0 Å². The van der Waals surface area contributed by atoms with Gasteiger partial charge >= 0.3 is 0 Å². The lowest BCUT2D eigenvalue weighted by Crippen LogP contribution is -2.66. The lowest BCUT2D eigenvalue weighted by Gasteiger charge is -2.45. The van der Waals surface area contributed by atoms with Crippen LogP contribution in [0.1, 0.15) is 6.92 Å². The van der Waals surface area contributed by atoms with E-state index in [1.165, 1.54) is 0 Å². The second-order valence-corrected chi connectivity index (χ2v) is 4.27. The maximum atomic E-state index is 11.7. The van der Waals surface area contributed by atoms with Crippen molar-refractivity contribution < 1.29 is 14.6 Å². The average Bonchev–Trinajstić information content (AvgIpc) is 2.14. The molecule has 1 amide bonds. The molecule has 0 radical (unpaired) electrons. The van der Waals surface area contributed by atoms with Crippen molar-refractivity contribution in [2.24, 2.45) is 0 Å². The third kappa shape index (κ3) is 1.89. The minimum Gasteiger partial charge on any atom is -0.386 e. The molecule has 5 heteroatoms. The molecule has 1 atom stereocenters. The zero-order valence-corrected chi connectivity index (χ0v) is 8.32. The molecule has 14 heavy (non-hydrogen) atoms. The number of hydrogen-bond acceptors (Lipinski definition) is 4. The van der Waals surface area contributed by atoms with E-state index in [-0.39, 0.29) is 11.9 Å². The lowest BCUT2D eigenvalue weighted by atomic mass is 9.96. The summed E-state index contributed by atoms with van der Waals surface area (Å²) >= 11 is 0. The molecule has 0 bridgehead atoms. The van der Waals surface area contributed by atoms with Crippen LogP contribution in [0.2, 0.25) is 0 Å². The quantitative estimate of drug-likeness (QED) is 0.544. The third-order valence-electron chi connectivity index (χ3n) is 2.59. The maximum Gasteiger partial charge on any atom is 0.242 e. The highest BCUT2D eigenvalue weighted by Crippen LogP contribution is 2.20. The molecule has 2 fully saturated rings. The molecule has 0 aromatic rings. The summed E-state index contributed by atoms with van der Waals surface area (Å²) in [5.41, 5.74) is -0.689. The van der Waals surface area contributed by atoms with Gasteiger partial charge in [0.25, 0.3) is 0 Å². The van der Waals surface area contributed by atoms with Crippen LogP contribution in [-0.2, 0) is 9.53 Å². The van der Waals surface area contributed by atoms with E-state index in [0.29, 0.717) is 26.3 Å². The summed E-state index contributed by atoms with van der Waals surface area (Å²) in [5, 5.41) is 12.6. The fraction of sp³-hybridized carbons (Fsp3) is 0.889. The number of aliphatic hydroxyl groups is 1. The van der Waals surface area contributed by atoms with Gasteiger partial charge < -0.3 is 20.1 Å². The fourth-order valence-corrected chi connectivity index (χ4v) is 1.88. The number of carbonyl (C=O) groups excluding carboxylic acids is 1. The van der Waals surface area contributed by atoms with Crippen molar-refractivity contribution in [3.05, 3.63) is 0 Å². The minimum absolute atomic E-state index is 0.0382. The monoisotopic (exact) mass is 200 g/mol. The van der Waals surface area contributed by atoms with Gasteiger partial charge in [-0.1, -0.05) is 0 Å². The summed E-state index contributed by atoms with van der Waals surface area (Å²) in [4.78, 5) is 13.4. The van der Waals surface area contributed by atoms with Gasteiger partial charge in [-0.2, -0.15) is 0 Å². The summed E-state index contributed by atoms with van der Waals surface area (Å²) in [5.74, 6) is 0.0382. The molecular weight excluding hydrogens is 184 g/mol. The van der Waals surface area contributed by atoms with Gasteiger partial charge in [0.2, 0.25) is 5.91 Å². The smallest absolute Gasteiger partial charge is 0.242 e. The SMILES string of the molecule is CC1(O)CN(C(=O)C2COCCN2)C1. The van der Waals surface area contributed by atoms with Crippen molar-refractivity contribution in [3.63, 3.8) is 0 Å². The number of likely N-dealkylation sites (tertiary alicyclic amines) is 1. The van der Waals surface area contributed by atoms with Crippen molar-refractivity contribution in [1.82, 2.24) is 10.2 Å². The van der Waals surface area contributed by atoms with Crippen LogP contribution in [0.3, 0.4) is 0 Å². The van der Waals surface area contributed by atoms with Gasteiger partial charge in [-0.05, 0) is 6.92 Å². The fourth-order valence-electron chi connectivity index (χ4n) is 1.88. The lowest BCUT2D eigenvalue weighted by molar-refractivity contribution is -0.157. The van der Waals surface area contributed by atoms with Gasteiger partial charge in [-0.25, -0.2) is 0 Å². The highest BCUT2D eigenvalue weighted by atomic mass is 16.5. The minimum atomic E-state index is -0.689. The van der Waals surface area contributed by atoms with Crippen molar-refractivity contribution >= 4 is 5.91 Å². The van der Waals surface area contributed by atoms with Crippen LogP contribution in [0.5, 0.6) is 0 Å². The summed E-state index contributed by atoms with van der Waals surface area (Å²) < 4.78 is 5.20. The summed E-state index contributed by atoms with van der Waals surface area (Å²) in [6.45, 7) is 4.44. The number of carbonyl (C=O) groups is 1. The van der Waals surface area contributed by atoms with Crippen molar-refractivity contribution in [2.45, 2.75) is 18.6 Å². The molecule has 0 aromatic carbocycles. The van der Waals surface area contributed by atoms with E-state index in [4.69, 9.17) is 4.74 Å². The van der Waals surface area contributed by atoms with Crippen LogP contribution in [-0.4, -0.2) is 60.4 Å². The normalized spacial score (nSPS) is 31.0. The van der Waals surface area contributed by atoms with Crippen molar-refractivity contribution in [1.29, 1.82) is 0 Å². The summed E-state index contributed by atoms with van der Waals surface area (Å²) in [6.07, 6.45) is 0. The van der Waals surface area contributed by atoms with E-state index >= 15 is 0 Å². The van der Waals surface area contributed by atoms with Gasteiger partial charge in [0.15, 0.2) is 0 Å². The number of amides is 1. The second-order valence-electron chi connectivity index (χ2n) is 4.27. The van der Waals surface area contributed by atoms with Gasteiger partial charge in [-0.3, -0.25) is 4.79 Å². The van der Waals surface area contributed by atoms with E-state index in [1.54, 1.807) is 11.8 Å². The van der Waals surface area contributed by atoms with E-state index in [1.807, 2.05) is 0 Å². The van der Waals surface area contributed by atoms with Crippen LogP contribution in [0.15, 0.2) is 0 Å². The Morgan fingerprint density at radius 1 is 1.64 bits per heavy atom. The second kappa shape index (κ2) is 3.49.